The van der Waals surface area contributed by atoms with E-state index in [1.807, 2.05) is 16.7 Å². The Bertz CT molecular complexity index is 432. The van der Waals surface area contributed by atoms with E-state index in [4.69, 9.17) is 4.74 Å². The van der Waals surface area contributed by atoms with Gasteiger partial charge < -0.3 is 19.6 Å². The van der Waals surface area contributed by atoms with Crippen molar-refractivity contribution in [2.75, 3.05) is 40.0 Å². The molecule has 6 nitrogen and oxygen atoms in total. The third-order valence-electron chi connectivity index (χ3n) is 5.32. The van der Waals surface area contributed by atoms with Gasteiger partial charge in [-0.1, -0.05) is 0 Å². The van der Waals surface area contributed by atoms with Crippen molar-refractivity contribution < 1.29 is 19.4 Å². The molecule has 2 heterocycles. The molecule has 0 radical (unpaired) electrons. The average Bonchev–Trinajstić information content (AvgIpc) is 2.79. The van der Waals surface area contributed by atoms with Gasteiger partial charge in [-0.3, -0.25) is 9.59 Å². The van der Waals surface area contributed by atoms with Gasteiger partial charge in [0.25, 0.3) is 0 Å². The van der Waals surface area contributed by atoms with E-state index in [1.54, 1.807) is 14.0 Å². The molecule has 0 saturated carbocycles. The first-order valence-corrected chi connectivity index (χ1v) is 8.02. The van der Waals surface area contributed by atoms with E-state index in [9.17, 15) is 14.7 Å². The van der Waals surface area contributed by atoms with Gasteiger partial charge in [-0.15, -0.1) is 0 Å². The number of likely N-dealkylation sites (tertiary alicyclic amines) is 2. The molecule has 22 heavy (non-hydrogen) atoms. The smallest absolute Gasteiger partial charge is 0.224 e. The number of hydrogen-bond donors (Lipinski definition) is 1. The molecule has 0 bridgehead atoms. The molecule has 0 aromatic rings. The standard InChI is InChI=1S/C16H28N2O4/c1-13(20)18-11-16(10-15(18,2)12-19)5-7-17(8-6-16)14(21)4-9-22-3/h19H,4-12H2,1-3H3. The minimum Gasteiger partial charge on any atom is -0.394 e. The molecule has 0 aliphatic carbocycles. The summed E-state index contributed by atoms with van der Waals surface area (Å²) in [5.74, 6) is 0.162. The van der Waals surface area contributed by atoms with Crippen molar-refractivity contribution in [1.29, 1.82) is 0 Å². The Balaban J connectivity index is 1.98. The number of nitrogens with zero attached hydrogens (tertiary/aromatic N) is 2. The second-order valence-corrected chi connectivity index (χ2v) is 7.06. The first-order valence-electron chi connectivity index (χ1n) is 8.02. The lowest BCUT2D eigenvalue weighted by atomic mass is 9.74. The Hall–Kier alpha value is -1.14. The number of methoxy groups -OCH3 is 1. The van der Waals surface area contributed by atoms with Crippen molar-refractivity contribution >= 4 is 11.8 Å². The van der Waals surface area contributed by atoms with Crippen LogP contribution in [-0.2, 0) is 14.3 Å². The van der Waals surface area contributed by atoms with Crippen LogP contribution >= 0.6 is 0 Å². The maximum Gasteiger partial charge on any atom is 0.224 e. The Morgan fingerprint density at radius 2 is 1.91 bits per heavy atom. The Labute approximate surface area is 132 Å². The second kappa shape index (κ2) is 6.54. The maximum atomic E-state index is 12.1. The van der Waals surface area contributed by atoms with Crippen molar-refractivity contribution in [3.63, 3.8) is 0 Å². The van der Waals surface area contributed by atoms with Gasteiger partial charge in [-0.05, 0) is 31.6 Å². The molecule has 2 aliphatic rings. The highest BCUT2D eigenvalue weighted by atomic mass is 16.5. The predicted molar refractivity (Wildman–Crippen MR) is 82.2 cm³/mol. The van der Waals surface area contributed by atoms with E-state index in [0.29, 0.717) is 19.6 Å². The fourth-order valence-corrected chi connectivity index (χ4v) is 4.03. The van der Waals surface area contributed by atoms with Crippen LogP contribution in [0.3, 0.4) is 0 Å². The number of aliphatic hydroxyl groups is 1. The van der Waals surface area contributed by atoms with Gasteiger partial charge in [0, 0.05) is 33.7 Å². The van der Waals surface area contributed by atoms with E-state index in [-0.39, 0.29) is 23.8 Å². The molecule has 2 amide bonds. The number of ether oxygens (including phenoxy) is 1. The number of aliphatic hydroxyl groups excluding tert-OH is 1. The normalized spacial score (nSPS) is 27.5. The van der Waals surface area contributed by atoms with Gasteiger partial charge in [-0.25, -0.2) is 0 Å². The van der Waals surface area contributed by atoms with Crippen LogP contribution < -0.4 is 0 Å². The van der Waals surface area contributed by atoms with Crippen LogP contribution in [-0.4, -0.2) is 72.2 Å². The van der Waals surface area contributed by atoms with Gasteiger partial charge in [0.15, 0.2) is 0 Å². The highest BCUT2D eigenvalue weighted by Gasteiger charge is 2.52. The summed E-state index contributed by atoms with van der Waals surface area (Å²) >= 11 is 0. The summed E-state index contributed by atoms with van der Waals surface area (Å²) in [4.78, 5) is 27.6. The Morgan fingerprint density at radius 1 is 1.27 bits per heavy atom. The molecule has 2 fully saturated rings. The van der Waals surface area contributed by atoms with E-state index >= 15 is 0 Å². The average molecular weight is 312 g/mol. The lowest BCUT2D eigenvalue weighted by Crippen LogP contribution is -2.46. The summed E-state index contributed by atoms with van der Waals surface area (Å²) < 4.78 is 4.96. The molecule has 2 aliphatic heterocycles. The maximum absolute atomic E-state index is 12.1. The third kappa shape index (κ3) is 3.27. The monoisotopic (exact) mass is 312 g/mol. The molecule has 1 spiro atoms. The van der Waals surface area contributed by atoms with Crippen LogP contribution in [0.15, 0.2) is 0 Å². The van der Waals surface area contributed by atoms with Gasteiger partial charge in [-0.2, -0.15) is 0 Å². The van der Waals surface area contributed by atoms with E-state index < -0.39 is 5.54 Å². The van der Waals surface area contributed by atoms with E-state index in [0.717, 1.165) is 32.4 Å². The molecular weight excluding hydrogens is 284 g/mol. The summed E-state index contributed by atoms with van der Waals surface area (Å²) in [5.41, 5.74) is -0.421. The van der Waals surface area contributed by atoms with Crippen LogP contribution in [0.1, 0.15) is 39.5 Å². The van der Waals surface area contributed by atoms with Crippen LogP contribution in [0.5, 0.6) is 0 Å². The fraction of sp³-hybridized carbons (Fsp3) is 0.875. The second-order valence-electron chi connectivity index (χ2n) is 7.06. The van der Waals surface area contributed by atoms with Crippen LogP contribution in [0.25, 0.3) is 0 Å². The van der Waals surface area contributed by atoms with Gasteiger partial charge in [0.05, 0.1) is 25.2 Å². The highest BCUT2D eigenvalue weighted by Crippen LogP contribution is 2.47. The van der Waals surface area contributed by atoms with Crippen molar-refractivity contribution in [3.05, 3.63) is 0 Å². The minimum atomic E-state index is -0.464. The Morgan fingerprint density at radius 3 is 2.36 bits per heavy atom. The number of rotatable bonds is 4. The van der Waals surface area contributed by atoms with Crippen LogP contribution in [0.2, 0.25) is 0 Å². The Kier molecular flexibility index (Phi) is 5.12. The van der Waals surface area contributed by atoms with E-state index in [1.165, 1.54) is 0 Å². The molecule has 1 N–H and O–H groups in total. The summed E-state index contributed by atoms with van der Waals surface area (Å²) in [7, 11) is 1.60. The zero-order chi connectivity index (χ0) is 16.4. The lowest BCUT2D eigenvalue weighted by Gasteiger charge is -2.39. The number of amides is 2. The summed E-state index contributed by atoms with van der Waals surface area (Å²) in [6.07, 6.45) is 3.03. The van der Waals surface area contributed by atoms with Crippen molar-refractivity contribution in [1.82, 2.24) is 9.80 Å². The molecule has 2 rings (SSSR count). The zero-order valence-electron chi connectivity index (χ0n) is 13.9. The number of carbonyl (C=O) groups is 2. The SMILES string of the molecule is COCCC(=O)N1CCC2(CC1)CN(C(C)=O)C(C)(CO)C2. The summed E-state index contributed by atoms with van der Waals surface area (Å²) in [6, 6.07) is 0. The first-order chi connectivity index (χ1) is 10.4. The lowest BCUT2D eigenvalue weighted by molar-refractivity contribution is -0.136. The molecule has 6 heteroatoms. The van der Waals surface area contributed by atoms with Crippen LogP contribution in [0.4, 0.5) is 0 Å². The van der Waals surface area contributed by atoms with Crippen molar-refractivity contribution in [2.24, 2.45) is 5.41 Å². The summed E-state index contributed by atoms with van der Waals surface area (Å²) in [5, 5.41) is 9.72. The van der Waals surface area contributed by atoms with Gasteiger partial charge >= 0.3 is 0 Å². The largest absolute Gasteiger partial charge is 0.394 e. The summed E-state index contributed by atoms with van der Waals surface area (Å²) in [6.45, 7) is 6.13. The number of hydrogen-bond acceptors (Lipinski definition) is 4. The van der Waals surface area contributed by atoms with E-state index in [2.05, 4.69) is 0 Å². The quantitative estimate of drug-likeness (QED) is 0.827. The molecule has 1 atom stereocenters. The molecule has 0 aromatic carbocycles. The number of piperidine rings is 1. The molecule has 126 valence electrons. The van der Waals surface area contributed by atoms with Crippen LogP contribution in [0, 0.1) is 5.41 Å². The molecule has 1 unspecified atom stereocenters. The van der Waals surface area contributed by atoms with Gasteiger partial charge in [0.1, 0.15) is 0 Å². The topological polar surface area (TPSA) is 70.1 Å². The zero-order valence-corrected chi connectivity index (χ0v) is 13.9. The van der Waals surface area contributed by atoms with Crippen molar-refractivity contribution in [3.8, 4) is 0 Å². The predicted octanol–water partition coefficient (Wildman–Crippen LogP) is 0.635. The van der Waals surface area contributed by atoms with Gasteiger partial charge in [0.2, 0.25) is 11.8 Å². The highest BCUT2D eigenvalue weighted by molar-refractivity contribution is 5.76. The first kappa shape index (κ1) is 17.2. The number of carbonyl (C=O) groups excluding carboxylic acids is 2. The molecule has 2 saturated heterocycles. The fourth-order valence-electron chi connectivity index (χ4n) is 4.03. The minimum absolute atomic E-state index is 0.00911. The van der Waals surface area contributed by atoms with Crippen molar-refractivity contribution in [2.45, 2.75) is 45.1 Å². The molecular formula is C16H28N2O4. The molecule has 0 aromatic heterocycles. The third-order valence-corrected chi connectivity index (χ3v) is 5.32.